The van der Waals surface area contributed by atoms with E-state index in [9.17, 15) is 0 Å². The Kier molecular flexibility index (Phi) is 83.5. The third-order valence-corrected chi connectivity index (χ3v) is 11.7. The summed E-state index contributed by atoms with van der Waals surface area (Å²) in [5.74, 6) is 7.27. The molecule has 1 unspecified atom stereocenters. The van der Waals surface area contributed by atoms with Gasteiger partial charge in [-0.25, -0.2) is 0 Å². The van der Waals surface area contributed by atoms with Crippen LogP contribution >= 0.6 is 0 Å². The van der Waals surface area contributed by atoms with Crippen LogP contribution < -0.4 is 0 Å². The predicted molar refractivity (Wildman–Crippen MR) is 386 cm³/mol. The molecule has 0 heteroatoms. The van der Waals surface area contributed by atoms with Gasteiger partial charge in [0.25, 0.3) is 0 Å². The molecule has 0 radical (unpaired) electrons. The van der Waals surface area contributed by atoms with E-state index in [4.69, 9.17) is 16.4 Å². The number of rotatable bonds is 18. The van der Waals surface area contributed by atoms with Gasteiger partial charge in [0, 0.05) is 16.4 Å². The smallest absolute Gasteiger partial charge is 0.0302 e. The molecule has 0 saturated carbocycles. The first kappa shape index (κ1) is 78.0. The van der Waals surface area contributed by atoms with E-state index in [1.165, 1.54) is 70.6 Å². The Morgan fingerprint density at radius 2 is 0.654 bits per heavy atom. The van der Waals surface area contributed by atoms with Crippen molar-refractivity contribution in [2.45, 2.75) is 402 Å². The van der Waals surface area contributed by atoms with E-state index in [2.05, 4.69) is 228 Å². The van der Waals surface area contributed by atoms with Gasteiger partial charge in [0.1, 0.15) is 0 Å². The van der Waals surface area contributed by atoms with Gasteiger partial charge in [-0.3, -0.25) is 0 Å². The van der Waals surface area contributed by atoms with Crippen LogP contribution in [0.2, 0.25) is 0 Å². The van der Waals surface area contributed by atoms with E-state index >= 15 is 0 Å². The van der Waals surface area contributed by atoms with Crippen LogP contribution in [0.1, 0.15) is 418 Å². The monoisotopic (exact) mass is 1130 g/mol. The molecule has 0 fully saturated rings. The van der Waals surface area contributed by atoms with E-state index < -0.39 is 38.3 Å². The maximum Gasteiger partial charge on any atom is 0.0302 e. The van der Waals surface area contributed by atoms with E-state index in [0.29, 0.717) is 11.3 Å². The largest absolute Gasteiger partial charge is 0.0656 e. The molecular weight excluding hydrogens is 937 g/mol. The average Bonchev–Trinajstić information content (AvgIpc) is 3.31. The molecule has 0 rings (SSSR count). The van der Waals surface area contributed by atoms with Crippen molar-refractivity contribution in [2.75, 3.05) is 0 Å². The fourth-order valence-corrected chi connectivity index (χ4v) is 4.51. The molecule has 0 nitrogen and oxygen atoms in total. The molecule has 1 atom stereocenters. The summed E-state index contributed by atoms with van der Waals surface area (Å²) < 4.78 is 86.6. The minimum atomic E-state index is -2.60. The first-order valence-electron chi connectivity index (χ1n) is 39.6. The maximum absolute atomic E-state index is 7.74. The Labute approximate surface area is 528 Å². The lowest BCUT2D eigenvalue weighted by atomic mass is 9.84. The Morgan fingerprint density at radius 3 is 0.692 bits per heavy atom. The minimum Gasteiger partial charge on any atom is -0.0656 e. The Morgan fingerprint density at radius 1 is 0.359 bits per heavy atom. The molecule has 0 aliphatic rings. The molecule has 0 heterocycles. The van der Waals surface area contributed by atoms with Gasteiger partial charge < -0.3 is 0 Å². The number of hydrogen-bond donors (Lipinski definition) is 0. The normalized spacial score (nSPS) is 14.5. The minimum absolute atomic E-state index is 0.123. The summed E-state index contributed by atoms with van der Waals surface area (Å²) >= 11 is 0. The van der Waals surface area contributed by atoms with E-state index in [1.54, 1.807) is 27.7 Å². The Hall–Kier alpha value is 0. The maximum atomic E-state index is 7.74. The molecule has 0 bridgehead atoms. The average molecular weight is 1130 g/mol. The van der Waals surface area contributed by atoms with Gasteiger partial charge in [-0.2, -0.15) is 0 Å². The lowest BCUT2D eigenvalue weighted by Gasteiger charge is -2.22. The number of unbranched alkanes of at least 4 members (excludes halogenated alkanes) is 2. The second kappa shape index (κ2) is 83.5. The summed E-state index contributed by atoms with van der Waals surface area (Å²) in [5, 5.41) is 0. The highest BCUT2D eigenvalue weighted by Crippen LogP contribution is 2.23. The Balaban J connectivity index is -0.0000000657. The van der Waals surface area contributed by atoms with E-state index in [1.807, 2.05) is 41.5 Å². The van der Waals surface area contributed by atoms with Gasteiger partial charge in [0.2, 0.25) is 0 Å². The van der Waals surface area contributed by atoms with E-state index in [-0.39, 0.29) is 23.6 Å². The third kappa shape index (κ3) is 202. The molecule has 0 spiro atoms. The van der Waals surface area contributed by atoms with Crippen LogP contribution in [0.3, 0.4) is 0 Å². The fourth-order valence-electron chi connectivity index (χ4n) is 4.51. The molecule has 0 aliphatic heterocycles. The summed E-state index contributed by atoms with van der Waals surface area (Å²) in [4.78, 5) is 0. The zero-order valence-corrected chi connectivity index (χ0v) is 64.5. The molecule has 0 amide bonds. The first-order chi connectivity index (χ1) is 39.6. The number of hydrogen-bond acceptors (Lipinski definition) is 0. The lowest BCUT2D eigenvalue weighted by Crippen LogP contribution is -2.12. The van der Waals surface area contributed by atoms with Crippen LogP contribution in [0.25, 0.3) is 0 Å². The summed E-state index contributed by atoms with van der Waals surface area (Å²) in [6, 6.07) is 0. The van der Waals surface area contributed by atoms with Gasteiger partial charge in [-0.05, 0) is 125 Å². The first-order valence-corrected chi connectivity index (χ1v) is 33.6. The lowest BCUT2D eigenvalue weighted by molar-refractivity contribution is 0.283. The van der Waals surface area contributed by atoms with Crippen molar-refractivity contribution in [1.82, 2.24) is 0 Å². The zero-order valence-electron chi connectivity index (χ0n) is 76.5. The molecule has 0 saturated heterocycles. The molecule has 0 aliphatic carbocycles. The molecule has 0 aromatic rings. The SMILES string of the molecule is CC(C)C.CC(C)C(C)(C)C.CC(C)C(C)C.CC(C)CC(C)C.CCC.CCC(C)C.CCC(CC)C(C)C.CCCC(C)C.CCCCCC(C)C.[2H]C(C)(C)C(C)C.[2H]C([2H])(C(C)C)C(C)C.[2H]C([2H])([2H])C(C)C.[2H]C([2H])([2H])C([2H])(C(C)C)C([2H])([2H])C. The highest BCUT2D eigenvalue weighted by molar-refractivity contribution is 4.64. The van der Waals surface area contributed by atoms with Gasteiger partial charge >= 0.3 is 0 Å². The quantitative estimate of drug-likeness (QED) is 0.120. The standard InChI is InChI=1S/2C8H18.4C7H16.3C6H14.C5H12.2C4H10.C3H8/c1-5-8(6-2)7(3)4;1-4-5-6-7-8(2)3;1-6(2)7(3,4)5;2*1-6(2)5-7(3)4;1-5-7(4)6(2)3;2*1-5(2)6(3)4;1-4-5-6(2)3;1-4-5(2)3;2*1-4(2)3;1-3-2/h7-8H,5-6H2,1-4H3;8H,4-7H2,1-3H3;6H,1-5H3;3*6-7H,5H2,1-4H3;2*5-6H,1-4H3;6H,4-5H2,1-3H3;5H,4H2,1-3H3;2*4H,1-3H3;3H2,1-2H3/i;;;5D2;;4D3,5D2,7D;5D;;;;1D3;;. The second-order valence-corrected chi connectivity index (χ2v) is 28.8. The van der Waals surface area contributed by atoms with Crippen LogP contribution in [0.15, 0.2) is 0 Å². The highest BCUT2D eigenvalue weighted by Gasteiger charge is 2.13. The topological polar surface area (TPSA) is 0 Å². The van der Waals surface area contributed by atoms with Crippen molar-refractivity contribution in [3.05, 3.63) is 0 Å². The van der Waals surface area contributed by atoms with Crippen molar-refractivity contribution < 1.29 is 16.4 Å². The van der Waals surface area contributed by atoms with Crippen LogP contribution in [-0.4, -0.2) is 0 Å². The van der Waals surface area contributed by atoms with Gasteiger partial charge in [0.05, 0.1) is 0 Å². The second-order valence-electron chi connectivity index (χ2n) is 28.8. The van der Waals surface area contributed by atoms with Crippen molar-refractivity contribution in [1.29, 1.82) is 0 Å². The summed E-state index contributed by atoms with van der Waals surface area (Å²) in [6.07, 6.45) is 11.9. The van der Waals surface area contributed by atoms with Gasteiger partial charge in [-0.15, -0.1) is 0 Å². The molecule has 0 aromatic heterocycles. The van der Waals surface area contributed by atoms with Crippen molar-refractivity contribution in [3.63, 3.8) is 0 Å². The van der Waals surface area contributed by atoms with Crippen molar-refractivity contribution in [3.8, 4) is 0 Å². The summed E-state index contributed by atoms with van der Waals surface area (Å²) in [7, 11) is 0. The van der Waals surface area contributed by atoms with Crippen LogP contribution in [-0.2, 0) is 0 Å². The van der Waals surface area contributed by atoms with Crippen LogP contribution in [0, 0.1) is 112 Å². The van der Waals surface area contributed by atoms with Crippen molar-refractivity contribution >= 4 is 0 Å². The summed E-state index contributed by atoms with van der Waals surface area (Å²) in [6.45, 7) is 88.3. The molecule has 0 N–H and O–H groups in total. The van der Waals surface area contributed by atoms with Gasteiger partial charge in [0.15, 0.2) is 0 Å². The highest BCUT2D eigenvalue weighted by atomic mass is 14.2. The third-order valence-electron chi connectivity index (χ3n) is 11.7. The van der Waals surface area contributed by atoms with Crippen LogP contribution in [0.4, 0.5) is 0 Å². The van der Waals surface area contributed by atoms with Gasteiger partial charge in [-0.1, -0.05) is 389 Å². The molecular formula is C78H182. The van der Waals surface area contributed by atoms with Crippen LogP contribution in [0.5, 0.6) is 0 Å². The van der Waals surface area contributed by atoms with E-state index in [0.717, 1.165) is 72.0 Å². The molecule has 0 aromatic carbocycles. The summed E-state index contributed by atoms with van der Waals surface area (Å²) in [5.41, 5.74) is 0.500. The fraction of sp³-hybridized carbons (Fsp3) is 1.00. The predicted octanol–water partition coefficient (Wildman–Crippen LogP) is 30.9. The zero-order chi connectivity index (χ0) is 76.5. The molecule has 78 heavy (non-hydrogen) atoms. The Bertz CT molecular complexity index is 1230. The van der Waals surface area contributed by atoms with Crippen molar-refractivity contribution in [2.24, 2.45) is 112 Å². The molecule has 494 valence electrons.